The smallest absolute Gasteiger partial charge is 0.446 e. The summed E-state index contributed by atoms with van der Waals surface area (Å²) >= 11 is 0. The van der Waals surface area contributed by atoms with Crippen molar-refractivity contribution in [3.63, 3.8) is 0 Å². The lowest BCUT2D eigenvalue weighted by Gasteiger charge is -2.38. The zero-order chi connectivity index (χ0) is 68.7. The first-order chi connectivity index (χ1) is 45.6. The number of fused-ring (bicyclic) bond motifs is 2. The van der Waals surface area contributed by atoms with Gasteiger partial charge in [-0.3, -0.25) is 14.6 Å². The average molecular weight is 1330 g/mol. The van der Waals surface area contributed by atoms with Crippen LogP contribution in [0.3, 0.4) is 0 Å². The highest BCUT2D eigenvalue weighted by atomic mass is 19.4. The van der Waals surface area contributed by atoms with E-state index in [9.17, 15) is 36.6 Å². The predicted octanol–water partition coefficient (Wildman–Crippen LogP) is 14.9. The Bertz CT molecular complexity index is 4360. The van der Waals surface area contributed by atoms with Gasteiger partial charge in [0, 0.05) is 73.5 Å². The number of hydrogen-bond acceptors (Lipinski definition) is 14. The SMILES string of the molecule is C.O=CC(F)(F)F.[C-]#[N+]c1ccc(COc2cccc(C3=CCN(Cc4nc5ccc(C(=O)O)cc5n4C[C@@H]4CCO4)CC3(C)C)n2)c(F)c1.[C-]#[N+]c1ccc(COc2cccc(C3=CCN(Cc4nc5ccc(C(=O)OC(C)(C)C)cc5n4C[C@@H]4CCO4)CC3(C)C)n2)c(F)c1. The Labute approximate surface area is 559 Å². The number of alkyl halides is 3. The molecule has 2 fully saturated rings. The maximum atomic E-state index is 14.4. The van der Waals surface area contributed by atoms with Gasteiger partial charge in [0.25, 0.3) is 0 Å². The number of carboxylic acid groups (broad SMARTS) is 1. The van der Waals surface area contributed by atoms with Crippen LogP contribution in [0.5, 0.6) is 11.8 Å². The number of aromatic nitrogens is 6. The number of carboxylic acids is 1. The number of esters is 1. The number of nitrogens with zero attached hydrogens (tertiary/aromatic N) is 10. The first-order valence-electron chi connectivity index (χ1n) is 31.2. The summed E-state index contributed by atoms with van der Waals surface area (Å²) in [5.74, 6) is 0.359. The zero-order valence-electron chi connectivity index (χ0n) is 54.3. The minimum absolute atomic E-state index is 0. The van der Waals surface area contributed by atoms with Gasteiger partial charge in [0.05, 0.1) is 96.1 Å². The molecule has 0 spiro atoms. The second-order valence-corrected chi connectivity index (χ2v) is 26.1. The van der Waals surface area contributed by atoms with E-state index in [1.807, 2.05) is 57.2 Å². The molecule has 0 radical (unpaired) electrons. The summed E-state index contributed by atoms with van der Waals surface area (Å²) in [4.78, 5) is 63.9. The topological polar surface area (TPSA) is 194 Å². The summed E-state index contributed by atoms with van der Waals surface area (Å²) in [5, 5.41) is 9.54. The highest BCUT2D eigenvalue weighted by molar-refractivity contribution is 5.94. The number of aldehydes is 1. The first kappa shape index (κ1) is 71.6. The molecule has 8 heterocycles. The summed E-state index contributed by atoms with van der Waals surface area (Å²) < 4.78 is 93.1. The van der Waals surface area contributed by atoms with Crippen molar-refractivity contribution in [1.82, 2.24) is 38.9 Å². The quantitative estimate of drug-likeness (QED) is 0.0369. The monoisotopic (exact) mass is 1330 g/mol. The fourth-order valence-electron chi connectivity index (χ4n) is 11.8. The van der Waals surface area contributed by atoms with Crippen molar-refractivity contribution in [3.8, 4) is 11.8 Å². The Kier molecular flexibility index (Phi) is 22.2. The minimum atomic E-state index is -4.64. The largest absolute Gasteiger partial charge is 0.478 e. The average Bonchev–Trinajstić information content (AvgIpc) is 1.70. The normalized spacial score (nSPS) is 17.4. The third-order valence-electron chi connectivity index (χ3n) is 16.6. The van der Waals surface area contributed by atoms with Gasteiger partial charge < -0.3 is 37.9 Å². The molecule has 24 heteroatoms. The van der Waals surface area contributed by atoms with Gasteiger partial charge in [0.1, 0.15) is 42.1 Å². The maximum Gasteiger partial charge on any atom is 0.446 e. The van der Waals surface area contributed by atoms with Gasteiger partial charge in [-0.05, 0) is 105 Å². The predicted molar refractivity (Wildman–Crippen MR) is 356 cm³/mol. The standard InChI is InChI=1S/C37H40FN5O4.C33H32FN5O4.C2HF3O.CH4/c1-36(2,3)47-35(44)24-11-13-31-32(18-24)43(20-27-15-17-45-27)33(40-31)21-42-16-14-28(37(4,5)23-42)30-8-7-9-34(41-30)46-22-25-10-12-26(39-6)19-29(25)38;1-33(2)20-38(18-30-36-28-10-8-21(32(40)41)15-29(28)39(30)17-24-12-14-42-24)13-11-25(33)27-5-4-6-31(37-27)43-19-22-7-9-23(35-3)16-26(22)34;3-2(4,5)1-6;/h7-14,18-19,27H,15-17,20-23H2,1-5H3;4-11,15-16,24H,12-14,17-20H2,1-2H3,(H,40,41);1H;1H4/t27-;24-;;/m00../s1. The van der Waals surface area contributed by atoms with Crippen LogP contribution >= 0.6 is 0 Å². The molecule has 97 heavy (non-hydrogen) atoms. The van der Waals surface area contributed by atoms with E-state index in [0.717, 1.165) is 95.4 Å². The number of pyridine rings is 2. The number of rotatable bonds is 18. The number of benzene rings is 4. The molecule has 0 aliphatic carbocycles. The van der Waals surface area contributed by atoms with Gasteiger partial charge in [-0.25, -0.2) is 48.0 Å². The van der Waals surface area contributed by atoms with Crippen molar-refractivity contribution >= 4 is 62.8 Å². The number of hydrogen-bond donors (Lipinski definition) is 1. The second-order valence-electron chi connectivity index (χ2n) is 26.1. The van der Waals surface area contributed by atoms with E-state index in [2.05, 4.69) is 68.5 Å². The van der Waals surface area contributed by atoms with Crippen molar-refractivity contribution in [2.75, 3.05) is 39.4 Å². The van der Waals surface area contributed by atoms with Crippen molar-refractivity contribution in [3.05, 3.63) is 201 Å². The Hall–Kier alpha value is -9.72. The third-order valence-corrected chi connectivity index (χ3v) is 16.6. The molecule has 0 bridgehead atoms. The fourth-order valence-corrected chi connectivity index (χ4v) is 11.8. The number of carbonyl (C=O) groups is 3. The van der Waals surface area contributed by atoms with Crippen LogP contribution in [0.2, 0.25) is 0 Å². The van der Waals surface area contributed by atoms with Crippen LogP contribution in [-0.2, 0) is 58.4 Å². The molecule has 4 aromatic carbocycles. The minimum Gasteiger partial charge on any atom is -0.478 e. The summed E-state index contributed by atoms with van der Waals surface area (Å²) in [6, 6.07) is 30.6. The molecule has 0 unspecified atom stereocenters. The van der Waals surface area contributed by atoms with Gasteiger partial charge in [-0.1, -0.05) is 83.7 Å². The summed E-state index contributed by atoms with van der Waals surface area (Å²) in [6.45, 7) is 35.5. The Morgan fingerprint density at radius 2 is 1.07 bits per heavy atom. The van der Waals surface area contributed by atoms with E-state index in [-0.39, 0.29) is 66.6 Å². The van der Waals surface area contributed by atoms with Gasteiger partial charge >= 0.3 is 18.1 Å². The molecule has 4 aliphatic heterocycles. The van der Waals surface area contributed by atoms with E-state index in [1.54, 1.807) is 60.7 Å². The summed E-state index contributed by atoms with van der Waals surface area (Å²) in [5.41, 5.74) is 8.08. The van der Waals surface area contributed by atoms with E-state index in [4.69, 9.17) is 61.6 Å². The Morgan fingerprint density at radius 1 is 0.649 bits per heavy atom. The van der Waals surface area contributed by atoms with E-state index >= 15 is 0 Å². The Balaban J connectivity index is 0.000000208. The van der Waals surface area contributed by atoms with E-state index in [0.29, 0.717) is 67.7 Å². The molecule has 508 valence electrons. The van der Waals surface area contributed by atoms with Crippen LogP contribution in [0.15, 0.2) is 121 Å². The molecule has 19 nitrogen and oxygen atoms in total. The van der Waals surface area contributed by atoms with E-state index in [1.165, 1.54) is 12.1 Å². The van der Waals surface area contributed by atoms with Crippen LogP contribution in [0, 0.1) is 35.6 Å². The Morgan fingerprint density at radius 3 is 1.43 bits per heavy atom. The van der Waals surface area contributed by atoms with Gasteiger partial charge in [-0.2, -0.15) is 13.2 Å². The van der Waals surface area contributed by atoms with Crippen molar-refractivity contribution in [1.29, 1.82) is 0 Å². The van der Waals surface area contributed by atoms with Crippen molar-refractivity contribution in [2.45, 2.75) is 132 Å². The van der Waals surface area contributed by atoms with Crippen LogP contribution in [0.4, 0.5) is 33.3 Å². The number of carbonyl (C=O) groups excluding carboxylic acids is 2. The molecule has 8 aromatic rings. The van der Waals surface area contributed by atoms with Crippen molar-refractivity contribution in [2.24, 2.45) is 10.8 Å². The molecule has 2 atom stereocenters. The number of halogens is 5. The van der Waals surface area contributed by atoms with Gasteiger partial charge in [-0.15, -0.1) is 0 Å². The molecule has 12 rings (SSSR count). The number of ether oxygens (including phenoxy) is 5. The summed E-state index contributed by atoms with van der Waals surface area (Å²) in [7, 11) is 0. The molecule has 4 aliphatic rings. The molecule has 4 aromatic heterocycles. The van der Waals surface area contributed by atoms with Crippen LogP contribution < -0.4 is 9.47 Å². The molecule has 0 saturated carbocycles. The van der Waals surface area contributed by atoms with Gasteiger partial charge in [0.15, 0.2) is 11.4 Å². The van der Waals surface area contributed by atoms with Crippen LogP contribution in [0.1, 0.15) is 124 Å². The molecular weight excluding hydrogens is 1260 g/mol. The van der Waals surface area contributed by atoms with Crippen LogP contribution in [-0.4, -0.2) is 126 Å². The third kappa shape index (κ3) is 18.0. The lowest BCUT2D eigenvalue weighted by Crippen LogP contribution is -2.40. The molecule has 1 N–H and O–H groups in total. The zero-order valence-corrected chi connectivity index (χ0v) is 54.3. The van der Waals surface area contributed by atoms with Gasteiger partial charge in [0.2, 0.25) is 18.0 Å². The second kappa shape index (κ2) is 30.1. The maximum absolute atomic E-state index is 14.4. The highest BCUT2D eigenvalue weighted by Gasteiger charge is 2.35. The fraction of sp³-hybridized carbons (Fsp3) is 0.384. The number of imidazole rings is 2. The van der Waals surface area contributed by atoms with E-state index < -0.39 is 35.7 Å². The lowest BCUT2D eigenvalue weighted by atomic mass is 9.79. The summed E-state index contributed by atoms with van der Waals surface area (Å²) in [6.07, 6.45) is 0.879. The molecule has 2 saturated heterocycles. The lowest BCUT2D eigenvalue weighted by molar-refractivity contribution is -0.156. The molecular formula is C73H77F5N10O9. The van der Waals surface area contributed by atoms with Crippen LogP contribution in [0.25, 0.3) is 42.9 Å². The first-order valence-corrected chi connectivity index (χ1v) is 31.2. The number of aromatic carboxylic acids is 1. The van der Waals surface area contributed by atoms with Crippen molar-refractivity contribution < 1.29 is 65.1 Å². The molecule has 0 amide bonds. The highest BCUT2D eigenvalue weighted by Crippen LogP contribution is 2.41.